The van der Waals surface area contributed by atoms with Gasteiger partial charge in [-0.05, 0) is 37.1 Å². The molecule has 204 valence electrons. The van der Waals surface area contributed by atoms with E-state index in [1.165, 1.54) is 31.3 Å². The summed E-state index contributed by atoms with van der Waals surface area (Å²) in [6.07, 6.45) is 1.99. The van der Waals surface area contributed by atoms with E-state index in [1.54, 1.807) is 31.2 Å². The first-order chi connectivity index (χ1) is 17.5. The Labute approximate surface area is 228 Å². The molecule has 1 N–H and O–H groups in total. The number of hydrogen-bond acceptors (Lipinski definition) is 6. The fraction of sp³-hybridized carbons (Fsp3) is 0.440. The van der Waals surface area contributed by atoms with E-state index in [1.807, 2.05) is 6.92 Å². The number of nitrogens with zero attached hydrogens (tertiary/aromatic N) is 2. The summed E-state index contributed by atoms with van der Waals surface area (Å²) in [5.41, 5.74) is 0.604. The average Bonchev–Trinajstić information content (AvgIpc) is 2.86. The fourth-order valence-electron chi connectivity index (χ4n) is 3.72. The smallest absolute Gasteiger partial charge is 0.244 e. The average molecular weight is 575 g/mol. The van der Waals surface area contributed by atoms with Gasteiger partial charge in [0.2, 0.25) is 21.8 Å². The molecule has 2 amide bonds. The maximum Gasteiger partial charge on any atom is 0.244 e. The number of benzene rings is 2. The molecule has 2 aromatic carbocycles. The second kappa shape index (κ2) is 13.7. The summed E-state index contributed by atoms with van der Waals surface area (Å²) < 4.78 is 37.2. The van der Waals surface area contributed by atoms with Gasteiger partial charge in [0.05, 0.1) is 26.2 Å². The summed E-state index contributed by atoms with van der Waals surface area (Å²) in [5, 5.41) is 3.47. The van der Waals surface area contributed by atoms with Crippen molar-refractivity contribution in [1.29, 1.82) is 0 Å². The van der Waals surface area contributed by atoms with Crippen LogP contribution >= 0.6 is 23.2 Å². The number of carbonyl (C=O) groups is 2. The fourth-order valence-corrected chi connectivity index (χ4v) is 5.10. The van der Waals surface area contributed by atoms with Crippen LogP contribution in [0.25, 0.3) is 0 Å². The van der Waals surface area contributed by atoms with Crippen LogP contribution in [-0.4, -0.2) is 64.7 Å². The lowest BCUT2D eigenvalue weighted by Gasteiger charge is -2.33. The number of sulfonamides is 1. The Hall–Kier alpha value is -2.69. The van der Waals surface area contributed by atoms with Crippen LogP contribution < -0.4 is 19.1 Å². The van der Waals surface area contributed by atoms with Crippen molar-refractivity contribution < 1.29 is 27.5 Å². The Kier molecular flexibility index (Phi) is 11.3. The molecule has 0 saturated carbocycles. The molecular weight excluding hydrogens is 541 g/mol. The molecule has 0 aliphatic heterocycles. The predicted molar refractivity (Wildman–Crippen MR) is 146 cm³/mol. The predicted octanol–water partition coefficient (Wildman–Crippen LogP) is 4.11. The van der Waals surface area contributed by atoms with E-state index < -0.39 is 28.5 Å². The summed E-state index contributed by atoms with van der Waals surface area (Å²) in [6.45, 7) is 3.45. The van der Waals surface area contributed by atoms with Crippen molar-refractivity contribution in [3.63, 3.8) is 0 Å². The van der Waals surface area contributed by atoms with Crippen LogP contribution in [0.2, 0.25) is 10.0 Å². The van der Waals surface area contributed by atoms with Crippen LogP contribution in [0.5, 0.6) is 11.5 Å². The minimum absolute atomic E-state index is 0.0905. The Morgan fingerprint density at radius 3 is 2.22 bits per heavy atom. The molecule has 9 nitrogen and oxygen atoms in total. The van der Waals surface area contributed by atoms with Gasteiger partial charge in [0.25, 0.3) is 0 Å². The highest BCUT2D eigenvalue weighted by atomic mass is 35.5. The molecule has 0 spiro atoms. The lowest BCUT2D eigenvalue weighted by molar-refractivity contribution is -0.140. The van der Waals surface area contributed by atoms with Crippen molar-refractivity contribution >= 4 is 50.7 Å². The van der Waals surface area contributed by atoms with E-state index in [4.69, 9.17) is 32.7 Å². The summed E-state index contributed by atoms with van der Waals surface area (Å²) in [7, 11) is -1.09. The number of amides is 2. The number of carbonyl (C=O) groups excluding carboxylic acids is 2. The van der Waals surface area contributed by atoms with E-state index in [0.29, 0.717) is 34.3 Å². The number of methoxy groups -OCH3 is 2. The van der Waals surface area contributed by atoms with Crippen molar-refractivity contribution in [2.75, 3.05) is 37.9 Å². The Bertz CT molecular complexity index is 1190. The van der Waals surface area contributed by atoms with E-state index in [2.05, 4.69) is 5.32 Å². The Morgan fingerprint density at radius 2 is 1.70 bits per heavy atom. The van der Waals surface area contributed by atoms with E-state index in [-0.39, 0.29) is 30.3 Å². The van der Waals surface area contributed by atoms with Crippen molar-refractivity contribution in [2.45, 2.75) is 39.3 Å². The standard InChI is InChI=1S/C25H33Cl2N3O6S/c1-6-13-28-25(32)21(7-2)29(15-18-19(26)9-8-10-20(18)27)24(31)16-30(37(5,33)34)22-12-11-17(35-3)14-23(22)36-4/h8-12,14,21H,6-7,13,15-16H2,1-5H3,(H,28,32). The van der Waals surface area contributed by atoms with Crippen molar-refractivity contribution in [1.82, 2.24) is 10.2 Å². The third-order valence-corrected chi connectivity index (χ3v) is 7.49. The molecule has 0 bridgehead atoms. The summed E-state index contributed by atoms with van der Waals surface area (Å²) in [4.78, 5) is 28.1. The quantitative estimate of drug-likeness (QED) is 0.386. The molecule has 0 aliphatic rings. The number of rotatable bonds is 13. The van der Waals surface area contributed by atoms with Gasteiger partial charge in [0.15, 0.2) is 0 Å². The highest BCUT2D eigenvalue weighted by molar-refractivity contribution is 7.92. The summed E-state index contributed by atoms with van der Waals surface area (Å²) in [6, 6.07) is 8.63. The topological polar surface area (TPSA) is 105 Å². The number of hydrogen-bond donors (Lipinski definition) is 1. The van der Waals surface area contributed by atoms with Crippen LogP contribution in [-0.2, 0) is 26.2 Å². The second-order valence-corrected chi connectivity index (χ2v) is 11.0. The van der Waals surface area contributed by atoms with Crippen LogP contribution in [0.4, 0.5) is 5.69 Å². The zero-order valence-corrected chi connectivity index (χ0v) is 23.9. The molecule has 0 aromatic heterocycles. The molecule has 1 atom stereocenters. The maximum absolute atomic E-state index is 13.8. The van der Waals surface area contributed by atoms with Crippen LogP contribution in [0.15, 0.2) is 36.4 Å². The summed E-state index contributed by atoms with van der Waals surface area (Å²) >= 11 is 12.7. The lowest BCUT2D eigenvalue weighted by atomic mass is 10.1. The van der Waals surface area contributed by atoms with Crippen molar-refractivity contribution in [3.05, 3.63) is 52.0 Å². The summed E-state index contributed by atoms with van der Waals surface area (Å²) in [5.74, 6) is -0.313. The first-order valence-corrected chi connectivity index (χ1v) is 14.3. The molecule has 0 radical (unpaired) electrons. The minimum Gasteiger partial charge on any atom is -0.497 e. The molecule has 0 fully saturated rings. The third kappa shape index (κ3) is 7.90. The number of halogens is 2. The zero-order valence-electron chi connectivity index (χ0n) is 21.6. The molecule has 1 unspecified atom stereocenters. The van der Waals surface area contributed by atoms with Gasteiger partial charge in [-0.3, -0.25) is 13.9 Å². The number of anilines is 1. The first-order valence-electron chi connectivity index (χ1n) is 11.7. The number of nitrogens with one attached hydrogen (secondary N) is 1. The van der Waals surface area contributed by atoms with Crippen molar-refractivity contribution in [3.8, 4) is 11.5 Å². The number of ether oxygens (including phenoxy) is 2. The lowest BCUT2D eigenvalue weighted by Crippen LogP contribution is -2.52. The molecule has 0 heterocycles. The second-order valence-electron chi connectivity index (χ2n) is 8.24. The molecule has 2 rings (SSSR count). The van der Waals surface area contributed by atoms with E-state index >= 15 is 0 Å². The molecule has 0 saturated heterocycles. The molecular formula is C25H33Cl2N3O6S. The normalized spacial score (nSPS) is 12.0. The van der Waals surface area contributed by atoms with Crippen LogP contribution in [0.3, 0.4) is 0 Å². The van der Waals surface area contributed by atoms with Gasteiger partial charge >= 0.3 is 0 Å². The maximum atomic E-state index is 13.8. The third-order valence-electron chi connectivity index (χ3n) is 5.66. The monoisotopic (exact) mass is 573 g/mol. The highest BCUT2D eigenvalue weighted by Gasteiger charge is 2.33. The molecule has 2 aromatic rings. The SMILES string of the molecule is CCCNC(=O)C(CC)N(Cc1c(Cl)cccc1Cl)C(=O)CN(c1ccc(OC)cc1OC)S(C)(=O)=O. The highest BCUT2D eigenvalue weighted by Crippen LogP contribution is 2.34. The van der Waals surface area contributed by atoms with Gasteiger partial charge in [-0.25, -0.2) is 8.42 Å². The molecule has 12 heteroatoms. The molecule has 37 heavy (non-hydrogen) atoms. The van der Waals surface area contributed by atoms with Gasteiger partial charge in [-0.1, -0.05) is 43.1 Å². The minimum atomic E-state index is -3.94. The Balaban J connectivity index is 2.55. The van der Waals surface area contributed by atoms with Gasteiger partial charge in [0.1, 0.15) is 24.1 Å². The van der Waals surface area contributed by atoms with Crippen molar-refractivity contribution in [2.24, 2.45) is 0 Å². The zero-order chi connectivity index (χ0) is 27.8. The van der Waals surface area contributed by atoms with Crippen LogP contribution in [0.1, 0.15) is 32.3 Å². The van der Waals surface area contributed by atoms with Crippen LogP contribution in [0, 0.1) is 0 Å². The first kappa shape index (κ1) is 30.5. The van der Waals surface area contributed by atoms with Gasteiger partial charge < -0.3 is 19.7 Å². The largest absolute Gasteiger partial charge is 0.497 e. The van der Waals surface area contributed by atoms with Gasteiger partial charge in [-0.15, -0.1) is 0 Å². The van der Waals surface area contributed by atoms with E-state index in [0.717, 1.165) is 10.6 Å². The van der Waals surface area contributed by atoms with Gasteiger partial charge in [0, 0.05) is 34.8 Å². The molecule has 0 aliphatic carbocycles. The van der Waals surface area contributed by atoms with E-state index in [9.17, 15) is 18.0 Å². The Morgan fingerprint density at radius 1 is 1.05 bits per heavy atom. The van der Waals surface area contributed by atoms with Gasteiger partial charge in [-0.2, -0.15) is 0 Å².